The van der Waals surface area contributed by atoms with E-state index in [2.05, 4.69) is 10.4 Å². The Hall–Kier alpha value is -4.59. The maximum atomic E-state index is 13.1. The minimum Gasteiger partial charge on any atom is -0.337 e. The van der Waals surface area contributed by atoms with Crippen LogP contribution in [0.5, 0.6) is 0 Å². The molecule has 3 amide bonds. The second kappa shape index (κ2) is 8.16. The van der Waals surface area contributed by atoms with Crippen LogP contribution in [0.3, 0.4) is 0 Å². The molecule has 2 heterocycles. The Kier molecular flexibility index (Phi) is 5.02. The fourth-order valence-corrected chi connectivity index (χ4v) is 3.80. The van der Waals surface area contributed by atoms with E-state index in [4.69, 9.17) is 0 Å². The Labute approximate surface area is 187 Å². The number of hydrogen-bond donors (Lipinski definition) is 1. The van der Waals surface area contributed by atoms with E-state index in [-0.39, 0.29) is 18.3 Å². The van der Waals surface area contributed by atoms with E-state index in [0.717, 1.165) is 15.9 Å². The number of carbonyl (C=O) groups is 3. The molecule has 0 fully saturated rings. The molecule has 4 aromatic rings. The molecular weight excluding hydrogens is 423 g/mol. The number of fused-ring (bicyclic) bond motifs is 2. The molecule has 0 spiro atoms. The lowest BCUT2D eigenvalue weighted by Gasteiger charge is -2.07. The summed E-state index contributed by atoms with van der Waals surface area (Å²) in [6.45, 7) is 0.0126. The van der Waals surface area contributed by atoms with Gasteiger partial charge in [-0.1, -0.05) is 30.3 Å². The molecule has 0 bridgehead atoms. The highest BCUT2D eigenvalue weighted by Gasteiger charge is 2.35. The zero-order chi connectivity index (χ0) is 22.9. The van der Waals surface area contributed by atoms with Crippen LogP contribution in [0.2, 0.25) is 0 Å². The summed E-state index contributed by atoms with van der Waals surface area (Å²) in [6, 6.07) is 19.5. The number of nitrogens with one attached hydrogen (secondary N) is 1. The average molecular weight is 440 g/mol. The highest BCUT2D eigenvalue weighted by molar-refractivity contribution is 6.21. The van der Waals surface area contributed by atoms with E-state index in [0.29, 0.717) is 22.4 Å². The third-order valence-electron chi connectivity index (χ3n) is 5.35. The predicted molar refractivity (Wildman–Crippen MR) is 122 cm³/mol. The lowest BCUT2D eigenvalue weighted by Crippen LogP contribution is -2.24. The van der Waals surface area contributed by atoms with Gasteiger partial charge in [-0.3, -0.25) is 14.4 Å². The van der Waals surface area contributed by atoms with E-state index in [1.54, 1.807) is 35.0 Å². The second-order valence-electron chi connectivity index (χ2n) is 7.50. The molecule has 0 atom stereocenters. The number of rotatable bonds is 5. The van der Waals surface area contributed by atoms with Crippen molar-refractivity contribution < 1.29 is 18.8 Å². The van der Waals surface area contributed by atoms with Crippen LogP contribution >= 0.6 is 0 Å². The first-order chi connectivity index (χ1) is 16.0. The monoisotopic (exact) mass is 440 g/mol. The van der Waals surface area contributed by atoms with Crippen molar-refractivity contribution in [3.8, 4) is 0 Å². The number of nitrogens with zero attached hydrogens (tertiary/aromatic N) is 3. The first-order valence-electron chi connectivity index (χ1n) is 10.2. The van der Waals surface area contributed by atoms with E-state index in [9.17, 15) is 18.8 Å². The normalized spacial score (nSPS) is 13.2. The zero-order valence-corrected chi connectivity index (χ0v) is 17.2. The van der Waals surface area contributed by atoms with Crippen molar-refractivity contribution in [2.24, 2.45) is 5.10 Å². The molecule has 8 heteroatoms. The van der Waals surface area contributed by atoms with Crippen molar-refractivity contribution in [1.29, 1.82) is 0 Å². The molecule has 7 nitrogen and oxygen atoms in total. The van der Waals surface area contributed by atoms with Gasteiger partial charge in [-0.15, -0.1) is 0 Å². The molecule has 1 aromatic heterocycles. The summed E-state index contributed by atoms with van der Waals surface area (Å²) in [7, 11) is 0. The summed E-state index contributed by atoms with van der Waals surface area (Å²) < 4.78 is 14.8. The van der Waals surface area contributed by atoms with Crippen LogP contribution in [0.15, 0.2) is 84.1 Å². The molecule has 0 saturated carbocycles. The number of benzene rings is 3. The van der Waals surface area contributed by atoms with Gasteiger partial charge in [0.05, 0.1) is 17.3 Å². The van der Waals surface area contributed by atoms with Crippen LogP contribution in [-0.2, 0) is 11.3 Å². The van der Waals surface area contributed by atoms with Gasteiger partial charge in [0.1, 0.15) is 12.4 Å². The number of amides is 3. The number of para-hydroxylation sites is 1. The van der Waals surface area contributed by atoms with Crippen molar-refractivity contribution in [3.63, 3.8) is 0 Å². The predicted octanol–water partition coefficient (Wildman–Crippen LogP) is 4.05. The smallest absolute Gasteiger partial charge is 0.282 e. The van der Waals surface area contributed by atoms with Gasteiger partial charge in [-0.25, -0.2) is 4.39 Å². The third kappa shape index (κ3) is 3.78. The Morgan fingerprint density at radius 2 is 1.55 bits per heavy atom. The topological polar surface area (TPSA) is 83.8 Å². The zero-order valence-electron chi connectivity index (χ0n) is 17.2. The first-order valence-corrected chi connectivity index (χ1v) is 10.2. The molecule has 0 saturated heterocycles. The number of imide groups is 1. The van der Waals surface area contributed by atoms with Gasteiger partial charge in [0.25, 0.3) is 11.8 Å². The summed E-state index contributed by atoms with van der Waals surface area (Å²) in [4.78, 5) is 37.6. The van der Waals surface area contributed by atoms with Gasteiger partial charge >= 0.3 is 0 Å². The molecular formula is C25H17FN4O3. The quantitative estimate of drug-likeness (QED) is 0.375. The summed E-state index contributed by atoms with van der Waals surface area (Å²) in [5.74, 6) is -1.62. The number of carbonyl (C=O) groups excluding carboxylic acids is 3. The van der Waals surface area contributed by atoms with Crippen LogP contribution in [-0.4, -0.2) is 33.5 Å². The molecule has 0 radical (unpaired) electrons. The van der Waals surface area contributed by atoms with Crippen molar-refractivity contribution in [3.05, 3.63) is 102 Å². The largest absolute Gasteiger partial charge is 0.337 e. The van der Waals surface area contributed by atoms with Gasteiger partial charge in [0, 0.05) is 28.4 Å². The van der Waals surface area contributed by atoms with Crippen molar-refractivity contribution >= 4 is 40.5 Å². The van der Waals surface area contributed by atoms with Gasteiger partial charge in [-0.05, 0) is 42.5 Å². The lowest BCUT2D eigenvalue weighted by atomic mass is 10.1. The average Bonchev–Trinajstić information content (AvgIpc) is 3.29. The molecule has 3 aromatic carbocycles. The summed E-state index contributed by atoms with van der Waals surface area (Å²) in [6.07, 6.45) is 3.18. The first kappa shape index (κ1) is 20.3. The minimum atomic E-state index is -0.478. The molecule has 1 aliphatic rings. The summed E-state index contributed by atoms with van der Waals surface area (Å²) >= 11 is 0. The van der Waals surface area contributed by atoms with Gasteiger partial charge in [0.15, 0.2) is 0 Å². The number of aromatic nitrogens is 1. The Morgan fingerprint density at radius 3 is 2.24 bits per heavy atom. The van der Waals surface area contributed by atoms with Crippen molar-refractivity contribution in [1.82, 2.24) is 9.58 Å². The minimum absolute atomic E-state index is 0.0126. The molecule has 5 rings (SSSR count). The van der Waals surface area contributed by atoms with Crippen molar-refractivity contribution in [2.45, 2.75) is 6.54 Å². The highest BCUT2D eigenvalue weighted by atomic mass is 19.1. The maximum absolute atomic E-state index is 13.1. The molecule has 0 unspecified atom stereocenters. The van der Waals surface area contributed by atoms with E-state index in [1.165, 1.54) is 30.5 Å². The standard InChI is InChI=1S/C25H17FN4O3/c26-17-9-11-18(12-10-17)28-23(31)15-29-14-16(19-5-3-4-8-22(19)29)13-27-30-24(32)20-6-1-2-7-21(20)25(30)33/h1-14H,15H2,(H,28,31). The van der Waals surface area contributed by atoms with Crippen LogP contribution in [0.4, 0.5) is 10.1 Å². The number of hydrogen-bond acceptors (Lipinski definition) is 4. The van der Waals surface area contributed by atoms with Gasteiger partial charge < -0.3 is 9.88 Å². The fraction of sp³-hybridized carbons (Fsp3) is 0.0400. The van der Waals surface area contributed by atoms with Crippen LogP contribution in [0.25, 0.3) is 10.9 Å². The fourth-order valence-electron chi connectivity index (χ4n) is 3.80. The van der Waals surface area contributed by atoms with Crippen molar-refractivity contribution in [2.75, 3.05) is 5.32 Å². The van der Waals surface area contributed by atoms with Crippen LogP contribution < -0.4 is 5.32 Å². The SMILES string of the molecule is O=C(Cn1cc(C=NN2C(=O)c3ccccc3C2=O)c2ccccc21)Nc1ccc(F)cc1. The number of hydrazone groups is 1. The molecule has 0 aliphatic carbocycles. The van der Waals surface area contributed by atoms with Gasteiger partial charge in [-0.2, -0.15) is 10.1 Å². The highest BCUT2D eigenvalue weighted by Crippen LogP contribution is 2.24. The van der Waals surface area contributed by atoms with E-state index < -0.39 is 11.8 Å². The number of anilines is 1. The van der Waals surface area contributed by atoms with Crippen LogP contribution in [0, 0.1) is 5.82 Å². The Bertz CT molecular complexity index is 1400. The van der Waals surface area contributed by atoms with E-state index in [1.807, 2.05) is 24.3 Å². The summed E-state index contributed by atoms with van der Waals surface area (Å²) in [5.41, 5.74) is 2.57. The van der Waals surface area contributed by atoms with Gasteiger partial charge in [0.2, 0.25) is 5.91 Å². The molecule has 33 heavy (non-hydrogen) atoms. The molecule has 162 valence electrons. The molecule has 1 N–H and O–H groups in total. The summed E-state index contributed by atoms with van der Waals surface area (Å²) in [5, 5.41) is 8.54. The lowest BCUT2D eigenvalue weighted by molar-refractivity contribution is -0.116. The third-order valence-corrected chi connectivity index (χ3v) is 5.35. The molecule has 1 aliphatic heterocycles. The van der Waals surface area contributed by atoms with Crippen LogP contribution in [0.1, 0.15) is 26.3 Å². The Balaban J connectivity index is 1.40. The number of halogens is 1. The maximum Gasteiger partial charge on any atom is 0.282 e. The Morgan fingerprint density at radius 1 is 0.909 bits per heavy atom. The second-order valence-corrected chi connectivity index (χ2v) is 7.50. The van der Waals surface area contributed by atoms with E-state index >= 15 is 0 Å².